The Bertz CT molecular complexity index is 298. The maximum Gasteiger partial charge on any atom is 0.242 e. The van der Waals surface area contributed by atoms with Gasteiger partial charge in [0.1, 0.15) is 5.41 Å². The molecule has 0 aromatic carbocycles. The Morgan fingerprint density at radius 1 is 1.35 bits per heavy atom. The SMILES string of the molecule is CC(C)CCN(C)C(=O)C1(C#N)CCCCC1. The molecule has 0 atom stereocenters. The highest BCUT2D eigenvalue weighted by Gasteiger charge is 2.41. The van der Waals surface area contributed by atoms with Gasteiger partial charge in [0.05, 0.1) is 6.07 Å². The minimum absolute atomic E-state index is 0.0420. The number of hydrogen-bond donors (Lipinski definition) is 0. The molecule has 0 spiro atoms. The largest absolute Gasteiger partial charge is 0.344 e. The van der Waals surface area contributed by atoms with Crippen LogP contribution >= 0.6 is 0 Å². The zero-order chi connectivity index (χ0) is 12.9. The number of rotatable bonds is 4. The third-order valence-corrected chi connectivity index (χ3v) is 3.72. The lowest BCUT2D eigenvalue weighted by Gasteiger charge is -2.33. The van der Waals surface area contributed by atoms with Crippen LogP contribution in [0.4, 0.5) is 0 Å². The molecule has 0 unspecified atom stereocenters. The first kappa shape index (κ1) is 14.0. The van der Waals surface area contributed by atoms with Crippen molar-refractivity contribution in [1.82, 2.24) is 4.90 Å². The molecule has 0 aliphatic heterocycles. The van der Waals surface area contributed by atoms with Gasteiger partial charge in [0.25, 0.3) is 0 Å². The monoisotopic (exact) mass is 236 g/mol. The van der Waals surface area contributed by atoms with Crippen molar-refractivity contribution in [3.05, 3.63) is 0 Å². The predicted molar refractivity (Wildman–Crippen MR) is 68.2 cm³/mol. The van der Waals surface area contributed by atoms with Crippen LogP contribution in [0.15, 0.2) is 0 Å². The molecule has 1 rings (SSSR count). The van der Waals surface area contributed by atoms with E-state index in [2.05, 4.69) is 19.9 Å². The molecule has 1 aliphatic rings. The zero-order valence-electron chi connectivity index (χ0n) is 11.3. The summed E-state index contributed by atoms with van der Waals surface area (Å²) in [7, 11) is 1.83. The van der Waals surface area contributed by atoms with Crippen molar-refractivity contribution in [3.63, 3.8) is 0 Å². The molecular weight excluding hydrogens is 212 g/mol. The fourth-order valence-electron chi connectivity index (χ4n) is 2.45. The van der Waals surface area contributed by atoms with Crippen LogP contribution in [0.25, 0.3) is 0 Å². The number of hydrogen-bond acceptors (Lipinski definition) is 2. The Morgan fingerprint density at radius 2 is 1.94 bits per heavy atom. The van der Waals surface area contributed by atoms with E-state index < -0.39 is 5.41 Å². The molecule has 0 saturated heterocycles. The van der Waals surface area contributed by atoms with Crippen LogP contribution in [0.2, 0.25) is 0 Å². The minimum Gasteiger partial charge on any atom is -0.344 e. The summed E-state index contributed by atoms with van der Waals surface area (Å²) in [6.45, 7) is 5.07. The topological polar surface area (TPSA) is 44.1 Å². The van der Waals surface area contributed by atoms with Crippen LogP contribution in [0.3, 0.4) is 0 Å². The molecule has 0 aromatic rings. The molecule has 0 aromatic heterocycles. The molecule has 1 amide bonds. The average molecular weight is 236 g/mol. The first-order chi connectivity index (χ1) is 8.02. The standard InChI is InChI=1S/C14H24N2O/c1-12(2)7-10-16(3)13(17)14(11-15)8-5-4-6-9-14/h12H,4-10H2,1-3H3. The van der Waals surface area contributed by atoms with Gasteiger partial charge in [-0.1, -0.05) is 33.1 Å². The lowest BCUT2D eigenvalue weighted by molar-refractivity contribution is -0.139. The molecule has 3 heteroatoms. The molecule has 0 heterocycles. The van der Waals surface area contributed by atoms with E-state index >= 15 is 0 Å². The summed E-state index contributed by atoms with van der Waals surface area (Å²) in [5.41, 5.74) is -0.718. The smallest absolute Gasteiger partial charge is 0.242 e. The maximum atomic E-state index is 12.4. The van der Waals surface area contributed by atoms with Crippen LogP contribution in [0.5, 0.6) is 0 Å². The lowest BCUT2D eigenvalue weighted by Crippen LogP contribution is -2.43. The highest BCUT2D eigenvalue weighted by atomic mass is 16.2. The summed E-state index contributed by atoms with van der Waals surface area (Å²) in [5, 5.41) is 9.34. The van der Waals surface area contributed by atoms with Crippen molar-refractivity contribution < 1.29 is 4.79 Å². The third kappa shape index (κ3) is 3.46. The van der Waals surface area contributed by atoms with Crippen molar-refractivity contribution in [2.75, 3.05) is 13.6 Å². The summed E-state index contributed by atoms with van der Waals surface area (Å²) in [5.74, 6) is 0.634. The minimum atomic E-state index is -0.718. The Balaban J connectivity index is 2.62. The van der Waals surface area contributed by atoms with E-state index in [0.29, 0.717) is 5.92 Å². The highest BCUT2D eigenvalue weighted by molar-refractivity contribution is 5.85. The summed E-state index contributed by atoms with van der Waals surface area (Å²) < 4.78 is 0. The zero-order valence-corrected chi connectivity index (χ0v) is 11.3. The third-order valence-electron chi connectivity index (χ3n) is 3.72. The van der Waals surface area contributed by atoms with Crippen molar-refractivity contribution in [2.24, 2.45) is 11.3 Å². The molecule has 0 bridgehead atoms. The summed E-state index contributed by atoms with van der Waals surface area (Å²) >= 11 is 0. The number of nitriles is 1. The molecule has 1 aliphatic carbocycles. The van der Waals surface area contributed by atoms with Gasteiger partial charge in [-0.3, -0.25) is 4.79 Å². The number of carbonyl (C=O) groups is 1. The fourth-order valence-corrected chi connectivity index (χ4v) is 2.45. The van der Waals surface area contributed by atoms with E-state index in [1.165, 1.54) is 0 Å². The lowest BCUT2D eigenvalue weighted by atomic mass is 9.74. The van der Waals surface area contributed by atoms with Crippen LogP contribution in [0.1, 0.15) is 52.4 Å². The van der Waals surface area contributed by atoms with Crippen LogP contribution in [-0.2, 0) is 4.79 Å². The Hall–Kier alpha value is -1.04. The molecule has 96 valence electrons. The number of nitrogens with zero attached hydrogens (tertiary/aromatic N) is 2. The second-order valence-electron chi connectivity index (χ2n) is 5.66. The van der Waals surface area contributed by atoms with Crippen molar-refractivity contribution in [1.29, 1.82) is 5.26 Å². The Morgan fingerprint density at radius 3 is 2.41 bits per heavy atom. The predicted octanol–water partition coefficient (Wildman–Crippen LogP) is 2.96. The van der Waals surface area contributed by atoms with E-state index in [1.54, 1.807) is 4.90 Å². The van der Waals surface area contributed by atoms with Crippen molar-refractivity contribution in [2.45, 2.75) is 52.4 Å². The summed E-state index contributed by atoms with van der Waals surface area (Å²) in [4.78, 5) is 14.1. The number of carbonyl (C=O) groups excluding carboxylic acids is 1. The van der Waals surface area contributed by atoms with Gasteiger partial charge in [0.2, 0.25) is 5.91 Å². The van der Waals surface area contributed by atoms with Crippen LogP contribution in [-0.4, -0.2) is 24.4 Å². The Labute approximate surface area is 105 Å². The van der Waals surface area contributed by atoms with Crippen molar-refractivity contribution in [3.8, 4) is 6.07 Å². The molecule has 1 saturated carbocycles. The molecule has 3 nitrogen and oxygen atoms in total. The second kappa shape index (κ2) is 6.05. The van der Waals surface area contributed by atoms with E-state index in [-0.39, 0.29) is 5.91 Å². The van der Waals surface area contributed by atoms with E-state index in [9.17, 15) is 10.1 Å². The van der Waals surface area contributed by atoms with Gasteiger partial charge < -0.3 is 4.90 Å². The van der Waals surface area contributed by atoms with E-state index in [4.69, 9.17) is 0 Å². The van der Waals surface area contributed by atoms with Gasteiger partial charge >= 0.3 is 0 Å². The molecule has 1 fully saturated rings. The van der Waals surface area contributed by atoms with E-state index in [0.717, 1.165) is 45.1 Å². The van der Waals surface area contributed by atoms with Crippen molar-refractivity contribution >= 4 is 5.91 Å². The van der Waals surface area contributed by atoms with Gasteiger partial charge in [-0.25, -0.2) is 0 Å². The van der Waals surface area contributed by atoms with Gasteiger partial charge in [-0.05, 0) is 25.2 Å². The molecule has 17 heavy (non-hydrogen) atoms. The quantitative estimate of drug-likeness (QED) is 0.753. The average Bonchev–Trinajstić information content (AvgIpc) is 2.35. The van der Waals surface area contributed by atoms with Gasteiger partial charge in [-0.2, -0.15) is 5.26 Å². The van der Waals surface area contributed by atoms with Gasteiger partial charge in [-0.15, -0.1) is 0 Å². The number of amides is 1. The van der Waals surface area contributed by atoms with Gasteiger partial charge in [0.15, 0.2) is 0 Å². The van der Waals surface area contributed by atoms with Crippen LogP contribution < -0.4 is 0 Å². The second-order valence-corrected chi connectivity index (χ2v) is 5.66. The Kier molecular flexibility index (Phi) is 4.99. The summed E-state index contributed by atoms with van der Waals surface area (Å²) in [6.07, 6.45) is 5.67. The highest BCUT2D eigenvalue weighted by Crippen LogP contribution is 2.37. The molecule has 0 radical (unpaired) electrons. The fraction of sp³-hybridized carbons (Fsp3) is 0.857. The molecule has 0 N–H and O–H groups in total. The first-order valence-corrected chi connectivity index (χ1v) is 6.68. The van der Waals surface area contributed by atoms with Gasteiger partial charge in [0, 0.05) is 13.6 Å². The molecular formula is C14H24N2O. The first-order valence-electron chi connectivity index (χ1n) is 6.68. The van der Waals surface area contributed by atoms with E-state index in [1.807, 2.05) is 7.05 Å². The van der Waals surface area contributed by atoms with Crippen LogP contribution in [0, 0.1) is 22.7 Å². The maximum absolute atomic E-state index is 12.4. The normalized spacial score (nSPS) is 18.8. The summed E-state index contributed by atoms with van der Waals surface area (Å²) in [6, 6.07) is 2.29.